The minimum atomic E-state index is 0.543. The zero-order valence-corrected chi connectivity index (χ0v) is 9.87. The largest absolute Gasteiger partial charge is 0.373 e. The zero-order chi connectivity index (χ0) is 11.2. The summed E-state index contributed by atoms with van der Waals surface area (Å²) in [5.41, 5.74) is 0.912. The maximum Gasteiger partial charge on any atom is 0.162 e. The van der Waals surface area contributed by atoms with Crippen LogP contribution in [0.3, 0.4) is 0 Å². The van der Waals surface area contributed by atoms with Gasteiger partial charge in [-0.25, -0.2) is 0 Å². The van der Waals surface area contributed by atoms with Gasteiger partial charge in [0.2, 0.25) is 0 Å². The van der Waals surface area contributed by atoms with E-state index in [1.807, 2.05) is 13.0 Å². The van der Waals surface area contributed by atoms with Crippen molar-refractivity contribution in [2.75, 3.05) is 19.7 Å². The highest BCUT2D eigenvalue weighted by Crippen LogP contribution is 2.14. The van der Waals surface area contributed by atoms with Crippen molar-refractivity contribution in [3.05, 3.63) is 17.5 Å². The van der Waals surface area contributed by atoms with Crippen LogP contribution in [0.5, 0.6) is 0 Å². The molecule has 16 heavy (non-hydrogen) atoms. The molecule has 0 bridgehead atoms. The Hall–Kier alpha value is -0.870. The number of rotatable bonds is 5. The second-order valence-electron chi connectivity index (χ2n) is 4.49. The summed E-state index contributed by atoms with van der Waals surface area (Å²) >= 11 is 0. The summed E-state index contributed by atoms with van der Waals surface area (Å²) in [4.78, 5) is 0. The molecule has 1 saturated heterocycles. The van der Waals surface area contributed by atoms with E-state index in [4.69, 9.17) is 9.26 Å². The lowest BCUT2D eigenvalue weighted by molar-refractivity contribution is 0.0868. The first-order valence-corrected chi connectivity index (χ1v) is 6.05. The summed E-state index contributed by atoms with van der Waals surface area (Å²) in [5, 5.41) is 7.23. The monoisotopic (exact) mass is 224 g/mol. The van der Waals surface area contributed by atoms with E-state index in [1.54, 1.807) is 0 Å². The topological polar surface area (TPSA) is 47.3 Å². The van der Waals surface area contributed by atoms with E-state index in [0.29, 0.717) is 6.61 Å². The molecule has 90 valence electrons. The Bertz CT molecular complexity index is 306. The first-order valence-electron chi connectivity index (χ1n) is 6.05. The predicted molar refractivity (Wildman–Crippen MR) is 61.1 cm³/mol. The first-order chi connectivity index (χ1) is 7.84. The number of hydrogen-bond acceptors (Lipinski definition) is 4. The number of piperidine rings is 1. The Balaban J connectivity index is 1.57. The van der Waals surface area contributed by atoms with Crippen LogP contribution >= 0.6 is 0 Å². The van der Waals surface area contributed by atoms with Crippen LogP contribution < -0.4 is 5.32 Å². The van der Waals surface area contributed by atoms with Crippen molar-refractivity contribution >= 4 is 0 Å². The highest BCUT2D eigenvalue weighted by atomic mass is 16.5. The van der Waals surface area contributed by atoms with Crippen LogP contribution in [0.4, 0.5) is 0 Å². The Labute approximate surface area is 96.3 Å². The lowest BCUT2D eigenvalue weighted by Crippen LogP contribution is -2.30. The third kappa shape index (κ3) is 3.61. The quantitative estimate of drug-likeness (QED) is 0.776. The number of nitrogens with zero attached hydrogens (tertiary/aromatic N) is 1. The molecular formula is C12H20N2O2. The van der Waals surface area contributed by atoms with Gasteiger partial charge < -0.3 is 14.6 Å². The fraction of sp³-hybridized carbons (Fsp3) is 0.750. The molecule has 1 atom stereocenters. The molecule has 1 aromatic rings. The average molecular weight is 224 g/mol. The van der Waals surface area contributed by atoms with Crippen molar-refractivity contribution in [3.63, 3.8) is 0 Å². The molecule has 2 rings (SSSR count). The van der Waals surface area contributed by atoms with Crippen molar-refractivity contribution in [3.8, 4) is 0 Å². The third-order valence-electron chi connectivity index (χ3n) is 2.99. The molecule has 4 heteroatoms. The normalized spacial score (nSPS) is 21.2. The number of aromatic nitrogens is 1. The fourth-order valence-electron chi connectivity index (χ4n) is 2.08. The molecule has 2 heterocycles. The molecule has 0 aliphatic carbocycles. The molecule has 0 saturated carbocycles. The number of aryl methyl sites for hydroxylation is 1. The summed E-state index contributed by atoms with van der Waals surface area (Å²) in [6.07, 6.45) is 3.77. The minimum Gasteiger partial charge on any atom is -0.373 e. The Kier molecular flexibility index (Phi) is 4.36. The van der Waals surface area contributed by atoms with E-state index in [2.05, 4.69) is 10.5 Å². The highest BCUT2D eigenvalue weighted by molar-refractivity contribution is 5.01. The molecule has 1 aromatic heterocycles. The molecule has 1 N–H and O–H groups in total. The maximum atomic E-state index is 5.57. The molecule has 0 radical (unpaired) electrons. The van der Waals surface area contributed by atoms with Crippen LogP contribution in [0, 0.1) is 12.8 Å². The number of ether oxygens (including phenoxy) is 1. The van der Waals surface area contributed by atoms with Gasteiger partial charge in [-0.1, -0.05) is 5.16 Å². The van der Waals surface area contributed by atoms with Gasteiger partial charge in [0.25, 0.3) is 0 Å². The fourth-order valence-corrected chi connectivity index (χ4v) is 2.08. The smallest absolute Gasteiger partial charge is 0.162 e. The Morgan fingerprint density at radius 1 is 1.62 bits per heavy atom. The second-order valence-corrected chi connectivity index (χ2v) is 4.49. The van der Waals surface area contributed by atoms with E-state index in [-0.39, 0.29) is 0 Å². The lowest BCUT2D eigenvalue weighted by atomic mass is 9.97. The van der Waals surface area contributed by atoms with E-state index < -0.39 is 0 Å². The van der Waals surface area contributed by atoms with Crippen molar-refractivity contribution in [2.45, 2.75) is 32.8 Å². The van der Waals surface area contributed by atoms with Gasteiger partial charge in [-0.3, -0.25) is 0 Å². The first kappa shape index (κ1) is 11.6. The van der Waals surface area contributed by atoms with Crippen molar-refractivity contribution in [2.24, 2.45) is 5.92 Å². The Morgan fingerprint density at radius 3 is 3.25 bits per heavy atom. The molecule has 0 spiro atoms. The van der Waals surface area contributed by atoms with Gasteiger partial charge in [0.05, 0.1) is 5.69 Å². The van der Waals surface area contributed by atoms with E-state index >= 15 is 0 Å². The second kappa shape index (κ2) is 6.01. The highest BCUT2D eigenvalue weighted by Gasteiger charge is 2.12. The number of hydrogen-bond donors (Lipinski definition) is 1. The Morgan fingerprint density at radius 2 is 2.56 bits per heavy atom. The number of nitrogens with one attached hydrogen (secondary N) is 1. The molecule has 0 aromatic carbocycles. The van der Waals surface area contributed by atoms with Gasteiger partial charge in [0.1, 0.15) is 6.61 Å². The van der Waals surface area contributed by atoms with Crippen LogP contribution in [-0.2, 0) is 11.3 Å². The zero-order valence-electron chi connectivity index (χ0n) is 9.87. The van der Waals surface area contributed by atoms with Gasteiger partial charge >= 0.3 is 0 Å². The summed E-state index contributed by atoms with van der Waals surface area (Å²) in [7, 11) is 0. The summed E-state index contributed by atoms with van der Waals surface area (Å²) in [5.74, 6) is 1.60. The van der Waals surface area contributed by atoms with Crippen molar-refractivity contribution in [1.29, 1.82) is 0 Å². The van der Waals surface area contributed by atoms with Gasteiger partial charge in [0.15, 0.2) is 5.76 Å². The summed E-state index contributed by atoms with van der Waals surface area (Å²) in [6.45, 7) is 5.59. The molecule has 1 aliphatic rings. The minimum absolute atomic E-state index is 0.543. The maximum absolute atomic E-state index is 5.57. The van der Waals surface area contributed by atoms with Crippen LogP contribution in [0.1, 0.15) is 30.7 Å². The lowest BCUT2D eigenvalue weighted by Gasteiger charge is -2.22. The summed E-state index contributed by atoms with van der Waals surface area (Å²) in [6, 6.07) is 1.92. The van der Waals surface area contributed by atoms with E-state index in [1.165, 1.54) is 19.4 Å². The third-order valence-corrected chi connectivity index (χ3v) is 2.99. The summed E-state index contributed by atoms with van der Waals surface area (Å²) < 4.78 is 10.6. The molecule has 4 nitrogen and oxygen atoms in total. The molecule has 1 unspecified atom stereocenters. The van der Waals surface area contributed by atoms with Gasteiger partial charge in [0, 0.05) is 12.7 Å². The molecule has 1 fully saturated rings. The van der Waals surface area contributed by atoms with Crippen LogP contribution in [0.15, 0.2) is 10.6 Å². The average Bonchev–Trinajstić information content (AvgIpc) is 2.72. The van der Waals surface area contributed by atoms with E-state index in [0.717, 1.165) is 36.9 Å². The molecular weight excluding hydrogens is 204 g/mol. The van der Waals surface area contributed by atoms with Crippen molar-refractivity contribution in [1.82, 2.24) is 10.5 Å². The van der Waals surface area contributed by atoms with Gasteiger partial charge in [-0.05, 0) is 45.2 Å². The molecule has 0 amide bonds. The van der Waals surface area contributed by atoms with E-state index in [9.17, 15) is 0 Å². The van der Waals surface area contributed by atoms with Gasteiger partial charge in [-0.2, -0.15) is 0 Å². The van der Waals surface area contributed by atoms with Gasteiger partial charge in [-0.15, -0.1) is 0 Å². The SMILES string of the molecule is Cc1cc(COCCC2CCCNC2)on1. The van der Waals surface area contributed by atoms with Crippen LogP contribution in [0.2, 0.25) is 0 Å². The molecule has 1 aliphatic heterocycles. The van der Waals surface area contributed by atoms with Crippen LogP contribution in [0.25, 0.3) is 0 Å². The van der Waals surface area contributed by atoms with Crippen molar-refractivity contribution < 1.29 is 9.26 Å². The predicted octanol–water partition coefficient (Wildman–Crippen LogP) is 1.89. The van der Waals surface area contributed by atoms with Crippen LogP contribution in [-0.4, -0.2) is 24.9 Å². The standard InChI is InChI=1S/C12H20N2O2/c1-10-7-12(16-14-10)9-15-6-4-11-3-2-5-13-8-11/h7,11,13H,2-6,8-9H2,1H3.